The fourth-order valence-corrected chi connectivity index (χ4v) is 3.60. The highest BCUT2D eigenvalue weighted by Gasteiger charge is 2.32. The highest BCUT2D eigenvalue weighted by Crippen LogP contribution is 2.29. The monoisotopic (exact) mass is 438 g/mol. The van der Waals surface area contributed by atoms with Gasteiger partial charge in [-0.15, -0.1) is 0 Å². The molecule has 0 saturated carbocycles. The third-order valence-electron chi connectivity index (χ3n) is 3.64. The summed E-state index contributed by atoms with van der Waals surface area (Å²) in [7, 11) is 0. The van der Waals surface area contributed by atoms with Crippen LogP contribution in [0, 0.1) is 10.1 Å². The van der Waals surface area contributed by atoms with Crippen molar-refractivity contribution in [1.29, 1.82) is 0 Å². The third kappa shape index (κ3) is 5.00. The fraction of sp³-hybridized carbons (Fsp3) is 0.118. The number of nitro benzene ring substituents is 1. The van der Waals surface area contributed by atoms with E-state index in [1.54, 1.807) is 24.3 Å². The summed E-state index contributed by atoms with van der Waals surface area (Å²) in [4.78, 5) is 38.9. The Labute approximate surface area is 173 Å². The Hall–Kier alpha value is -2.62. The van der Waals surface area contributed by atoms with Crippen LogP contribution in [0.5, 0.6) is 0 Å². The molecule has 1 heterocycles. The molecule has 1 fully saturated rings. The first kappa shape index (κ1) is 20.1. The van der Waals surface area contributed by atoms with E-state index in [1.165, 1.54) is 12.1 Å². The van der Waals surface area contributed by atoms with E-state index in [4.69, 9.17) is 23.2 Å². The molecular weight excluding hydrogens is 427 g/mol. The second-order valence-corrected chi connectivity index (χ2v) is 7.70. The average molecular weight is 439 g/mol. The molecule has 1 atom stereocenters. The number of aliphatic imine (C=N–C) groups is 1. The van der Waals surface area contributed by atoms with E-state index in [1.807, 2.05) is 0 Å². The number of nitrogens with one attached hydrogen (secondary N) is 2. The van der Waals surface area contributed by atoms with E-state index in [0.29, 0.717) is 15.9 Å². The predicted molar refractivity (Wildman–Crippen MR) is 109 cm³/mol. The largest absolute Gasteiger partial charge is 0.325 e. The SMILES string of the molecule is O=C(CC1SC(=Nc2ccc(Cl)cc2)NC1=O)Nc1cc([N+](=O)[O-])ccc1Cl. The summed E-state index contributed by atoms with van der Waals surface area (Å²) < 4.78 is 0. The maximum atomic E-state index is 12.3. The van der Waals surface area contributed by atoms with Gasteiger partial charge in [0.2, 0.25) is 11.8 Å². The molecule has 0 aromatic heterocycles. The minimum atomic E-state index is -0.677. The zero-order valence-corrected chi connectivity index (χ0v) is 16.3. The van der Waals surface area contributed by atoms with Gasteiger partial charge >= 0.3 is 0 Å². The Bertz CT molecular complexity index is 982. The van der Waals surface area contributed by atoms with E-state index in [-0.39, 0.29) is 28.7 Å². The molecule has 0 aliphatic carbocycles. The molecule has 0 radical (unpaired) electrons. The Morgan fingerprint density at radius 3 is 2.64 bits per heavy atom. The first-order chi connectivity index (χ1) is 13.3. The molecule has 11 heteroatoms. The Kier molecular flexibility index (Phi) is 6.18. The van der Waals surface area contributed by atoms with Crippen LogP contribution in [0.4, 0.5) is 17.1 Å². The van der Waals surface area contributed by atoms with Crippen molar-refractivity contribution < 1.29 is 14.5 Å². The van der Waals surface area contributed by atoms with Crippen LogP contribution in [0.3, 0.4) is 0 Å². The van der Waals surface area contributed by atoms with Crippen LogP contribution in [0.25, 0.3) is 0 Å². The zero-order chi connectivity index (χ0) is 20.3. The number of thioether (sulfide) groups is 1. The van der Waals surface area contributed by atoms with E-state index in [2.05, 4.69) is 15.6 Å². The zero-order valence-electron chi connectivity index (χ0n) is 14.0. The van der Waals surface area contributed by atoms with E-state index in [0.717, 1.165) is 17.8 Å². The number of nitrogens with zero attached hydrogens (tertiary/aromatic N) is 2. The topological polar surface area (TPSA) is 114 Å². The average Bonchev–Trinajstić information content (AvgIpc) is 2.97. The van der Waals surface area contributed by atoms with Crippen LogP contribution >= 0.6 is 35.0 Å². The number of halogens is 2. The standard InChI is InChI=1S/C17H12Cl2N4O4S/c18-9-1-3-10(4-2-9)20-17-22-16(25)14(28-17)8-15(24)21-13-7-11(23(26)27)5-6-12(13)19/h1-7,14H,8H2,(H,21,24)(H,20,22,25). The van der Waals surface area contributed by atoms with Crippen molar-refractivity contribution in [2.24, 2.45) is 4.99 Å². The maximum Gasteiger partial charge on any atom is 0.271 e. The smallest absolute Gasteiger partial charge is 0.271 e. The van der Waals surface area contributed by atoms with Gasteiger partial charge in [0.15, 0.2) is 5.17 Å². The van der Waals surface area contributed by atoms with Gasteiger partial charge in [-0.05, 0) is 30.3 Å². The first-order valence-electron chi connectivity index (χ1n) is 7.87. The first-order valence-corrected chi connectivity index (χ1v) is 9.51. The Morgan fingerprint density at radius 2 is 1.96 bits per heavy atom. The second kappa shape index (κ2) is 8.59. The number of non-ortho nitro benzene ring substituents is 1. The predicted octanol–water partition coefficient (Wildman–Crippen LogP) is 4.15. The number of anilines is 1. The van der Waals surface area contributed by atoms with Gasteiger partial charge in [0.25, 0.3) is 5.69 Å². The lowest BCUT2D eigenvalue weighted by Gasteiger charge is -2.08. The molecule has 0 bridgehead atoms. The molecule has 144 valence electrons. The van der Waals surface area contributed by atoms with Gasteiger partial charge in [0.1, 0.15) is 5.25 Å². The summed E-state index contributed by atoms with van der Waals surface area (Å²) in [5.41, 5.74) is 0.519. The minimum Gasteiger partial charge on any atom is -0.325 e. The molecule has 2 aromatic rings. The van der Waals surface area contributed by atoms with Crippen LogP contribution in [-0.4, -0.2) is 27.2 Å². The number of carbonyl (C=O) groups is 2. The summed E-state index contributed by atoms with van der Waals surface area (Å²) in [6, 6.07) is 10.5. The molecule has 2 N–H and O–H groups in total. The van der Waals surface area contributed by atoms with Gasteiger partial charge in [-0.1, -0.05) is 35.0 Å². The van der Waals surface area contributed by atoms with Gasteiger partial charge in [-0.2, -0.15) is 0 Å². The molecule has 0 spiro atoms. The molecule has 28 heavy (non-hydrogen) atoms. The maximum absolute atomic E-state index is 12.3. The minimum absolute atomic E-state index is 0.110. The summed E-state index contributed by atoms with van der Waals surface area (Å²) >= 11 is 12.9. The van der Waals surface area contributed by atoms with Crippen LogP contribution in [0.2, 0.25) is 10.0 Å². The Balaban J connectivity index is 1.64. The van der Waals surface area contributed by atoms with Gasteiger partial charge < -0.3 is 10.6 Å². The fourth-order valence-electron chi connectivity index (χ4n) is 2.32. The normalized spacial score (nSPS) is 17.4. The molecule has 2 aromatic carbocycles. The third-order valence-corrected chi connectivity index (χ3v) is 5.30. The van der Waals surface area contributed by atoms with Gasteiger partial charge in [0.05, 0.1) is 21.3 Å². The quantitative estimate of drug-likeness (QED) is 0.537. The number of amidine groups is 1. The highest BCUT2D eigenvalue weighted by molar-refractivity contribution is 8.15. The molecule has 1 saturated heterocycles. The number of benzene rings is 2. The van der Waals surface area contributed by atoms with Crippen molar-refractivity contribution in [3.05, 3.63) is 62.6 Å². The van der Waals surface area contributed by atoms with Crippen molar-refractivity contribution in [3.8, 4) is 0 Å². The van der Waals surface area contributed by atoms with Crippen molar-refractivity contribution in [1.82, 2.24) is 5.32 Å². The van der Waals surface area contributed by atoms with E-state index >= 15 is 0 Å². The van der Waals surface area contributed by atoms with Gasteiger partial charge in [-0.3, -0.25) is 19.7 Å². The number of hydrogen-bond donors (Lipinski definition) is 2. The lowest BCUT2D eigenvalue weighted by Crippen LogP contribution is -2.28. The summed E-state index contributed by atoms with van der Waals surface area (Å²) in [6.45, 7) is 0. The number of rotatable bonds is 5. The van der Waals surface area contributed by atoms with Crippen molar-refractivity contribution >= 4 is 69.0 Å². The van der Waals surface area contributed by atoms with Gasteiger partial charge in [0, 0.05) is 23.6 Å². The van der Waals surface area contributed by atoms with Crippen molar-refractivity contribution in [2.45, 2.75) is 11.7 Å². The molecule has 8 nitrogen and oxygen atoms in total. The lowest BCUT2D eigenvalue weighted by molar-refractivity contribution is -0.384. The molecule has 3 rings (SSSR count). The number of hydrogen-bond acceptors (Lipinski definition) is 6. The summed E-state index contributed by atoms with van der Waals surface area (Å²) in [5.74, 6) is -0.846. The van der Waals surface area contributed by atoms with E-state index < -0.39 is 16.1 Å². The van der Waals surface area contributed by atoms with E-state index in [9.17, 15) is 19.7 Å². The number of carbonyl (C=O) groups excluding carboxylic acids is 2. The summed E-state index contributed by atoms with van der Waals surface area (Å²) in [6.07, 6.45) is -0.144. The highest BCUT2D eigenvalue weighted by atomic mass is 35.5. The summed E-state index contributed by atoms with van der Waals surface area (Å²) in [5, 5.41) is 16.4. The molecule has 2 amide bonds. The van der Waals surface area contributed by atoms with Crippen LogP contribution in [-0.2, 0) is 9.59 Å². The van der Waals surface area contributed by atoms with Crippen LogP contribution in [0.15, 0.2) is 47.5 Å². The van der Waals surface area contributed by atoms with Crippen molar-refractivity contribution in [3.63, 3.8) is 0 Å². The van der Waals surface area contributed by atoms with Gasteiger partial charge in [-0.25, -0.2) is 4.99 Å². The molecular formula is C17H12Cl2N4O4S. The lowest BCUT2D eigenvalue weighted by atomic mass is 10.2. The second-order valence-electron chi connectivity index (χ2n) is 5.66. The Morgan fingerprint density at radius 1 is 1.25 bits per heavy atom. The molecule has 1 unspecified atom stereocenters. The number of amides is 2. The molecule has 1 aliphatic rings. The van der Waals surface area contributed by atoms with Crippen LogP contribution in [0.1, 0.15) is 6.42 Å². The number of nitro groups is 1. The molecule has 1 aliphatic heterocycles. The van der Waals surface area contributed by atoms with Crippen molar-refractivity contribution in [2.75, 3.05) is 5.32 Å². The van der Waals surface area contributed by atoms with Crippen LogP contribution < -0.4 is 10.6 Å².